The Morgan fingerprint density at radius 2 is 1.88 bits per heavy atom. The van der Waals surface area contributed by atoms with E-state index >= 15 is 0 Å². The molecule has 1 heterocycles. The largest absolute Gasteiger partial charge is 0.467 e. The SMILES string of the molecule is Cc1ccc(C(=O)N[C@@H](CC(C)C)C(=O)NCc2ccco2)cc1C. The Kier molecular flexibility index (Phi) is 6.39. The zero-order valence-corrected chi connectivity index (χ0v) is 15.3. The third-order valence-electron chi connectivity index (χ3n) is 4.11. The molecule has 1 aromatic heterocycles. The summed E-state index contributed by atoms with van der Waals surface area (Å²) in [5.74, 6) is 0.515. The van der Waals surface area contributed by atoms with E-state index in [9.17, 15) is 9.59 Å². The zero-order valence-electron chi connectivity index (χ0n) is 15.3. The molecule has 5 nitrogen and oxygen atoms in total. The van der Waals surface area contributed by atoms with Gasteiger partial charge in [0.15, 0.2) is 0 Å². The summed E-state index contributed by atoms with van der Waals surface area (Å²) >= 11 is 0. The molecule has 0 saturated heterocycles. The normalized spacial score (nSPS) is 12.0. The number of rotatable bonds is 7. The maximum atomic E-state index is 12.5. The van der Waals surface area contributed by atoms with Crippen molar-refractivity contribution in [3.05, 3.63) is 59.0 Å². The van der Waals surface area contributed by atoms with Crippen LogP contribution in [-0.2, 0) is 11.3 Å². The first kappa shape index (κ1) is 18.8. The van der Waals surface area contributed by atoms with E-state index in [0.29, 0.717) is 24.3 Å². The molecule has 5 heteroatoms. The molecular weight excluding hydrogens is 316 g/mol. The van der Waals surface area contributed by atoms with Gasteiger partial charge in [-0.1, -0.05) is 19.9 Å². The number of benzene rings is 1. The molecule has 134 valence electrons. The third kappa shape index (κ3) is 5.48. The first-order chi connectivity index (χ1) is 11.9. The monoisotopic (exact) mass is 342 g/mol. The van der Waals surface area contributed by atoms with Crippen LogP contribution in [0.3, 0.4) is 0 Å². The highest BCUT2D eigenvalue weighted by molar-refractivity contribution is 5.97. The van der Waals surface area contributed by atoms with E-state index in [1.807, 2.05) is 39.8 Å². The number of carbonyl (C=O) groups is 2. The minimum Gasteiger partial charge on any atom is -0.467 e. The molecule has 0 aliphatic carbocycles. The van der Waals surface area contributed by atoms with Crippen LogP contribution >= 0.6 is 0 Å². The van der Waals surface area contributed by atoms with E-state index in [2.05, 4.69) is 10.6 Å². The summed E-state index contributed by atoms with van der Waals surface area (Å²) in [4.78, 5) is 25.0. The van der Waals surface area contributed by atoms with Crippen molar-refractivity contribution in [1.29, 1.82) is 0 Å². The number of nitrogens with one attached hydrogen (secondary N) is 2. The van der Waals surface area contributed by atoms with Crippen molar-refractivity contribution in [3.63, 3.8) is 0 Å². The van der Waals surface area contributed by atoms with E-state index in [0.717, 1.165) is 11.1 Å². The highest BCUT2D eigenvalue weighted by Gasteiger charge is 2.22. The fourth-order valence-corrected chi connectivity index (χ4v) is 2.54. The zero-order chi connectivity index (χ0) is 18.4. The summed E-state index contributed by atoms with van der Waals surface area (Å²) in [6.07, 6.45) is 2.13. The molecule has 25 heavy (non-hydrogen) atoms. The molecule has 0 bridgehead atoms. The number of carbonyl (C=O) groups excluding carboxylic acids is 2. The van der Waals surface area contributed by atoms with Gasteiger partial charge in [0.05, 0.1) is 12.8 Å². The van der Waals surface area contributed by atoms with Gasteiger partial charge in [0.25, 0.3) is 5.91 Å². The van der Waals surface area contributed by atoms with Crippen LogP contribution in [0.5, 0.6) is 0 Å². The molecule has 1 aromatic carbocycles. The Bertz CT molecular complexity index is 721. The number of furan rings is 1. The van der Waals surface area contributed by atoms with Crippen LogP contribution in [0.4, 0.5) is 0 Å². The lowest BCUT2D eigenvalue weighted by Gasteiger charge is -2.20. The van der Waals surface area contributed by atoms with Crippen LogP contribution in [-0.4, -0.2) is 17.9 Å². The maximum Gasteiger partial charge on any atom is 0.251 e. The van der Waals surface area contributed by atoms with Crippen LogP contribution in [0.1, 0.15) is 47.5 Å². The number of hydrogen-bond acceptors (Lipinski definition) is 3. The Hall–Kier alpha value is -2.56. The molecule has 0 spiro atoms. The Balaban J connectivity index is 2.03. The number of aryl methyl sites for hydroxylation is 2. The second-order valence-electron chi connectivity index (χ2n) is 6.75. The van der Waals surface area contributed by atoms with Crippen molar-refractivity contribution < 1.29 is 14.0 Å². The summed E-state index contributed by atoms with van der Waals surface area (Å²) in [5, 5.41) is 5.68. The molecule has 0 saturated carbocycles. The molecule has 2 aromatic rings. The van der Waals surface area contributed by atoms with Gasteiger partial charge < -0.3 is 15.1 Å². The standard InChI is InChI=1S/C20H26N2O3/c1-13(2)10-18(20(24)21-12-17-6-5-9-25-17)22-19(23)16-8-7-14(3)15(4)11-16/h5-9,11,13,18H,10,12H2,1-4H3,(H,21,24)(H,22,23)/t18-/m0/s1. The average molecular weight is 342 g/mol. The maximum absolute atomic E-state index is 12.5. The summed E-state index contributed by atoms with van der Waals surface area (Å²) in [5.41, 5.74) is 2.75. The van der Waals surface area contributed by atoms with Crippen LogP contribution in [0, 0.1) is 19.8 Å². The molecule has 1 atom stereocenters. The second-order valence-corrected chi connectivity index (χ2v) is 6.75. The van der Waals surface area contributed by atoms with Crippen molar-refractivity contribution in [1.82, 2.24) is 10.6 Å². The number of hydrogen-bond donors (Lipinski definition) is 2. The van der Waals surface area contributed by atoms with Crippen molar-refractivity contribution in [2.75, 3.05) is 0 Å². The minimum atomic E-state index is -0.580. The van der Waals surface area contributed by atoms with Gasteiger partial charge in [-0.2, -0.15) is 0 Å². The van der Waals surface area contributed by atoms with Gasteiger partial charge >= 0.3 is 0 Å². The summed E-state index contributed by atoms with van der Waals surface area (Å²) < 4.78 is 5.22. The fourth-order valence-electron chi connectivity index (χ4n) is 2.54. The van der Waals surface area contributed by atoms with E-state index < -0.39 is 6.04 Å². The summed E-state index contributed by atoms with van der Waals surface area (Å²) in [6, 6.07) is 8.53. The van der Waals surface area contributed by atoms with E-state index in [1.165, 1.54) is 0 Å². The Morgan fingerprint density at radius 1 is 1.12 bits per heavy atom. The minimum absolute atomic E-state index is 0.206. The molecular formula is C20H26N2O3. The predicted molar refractivity (Wildman–Crippen MR) is 97.2 cm³/mol. The van der Waals surface area contributed by atoms with Gasteiger partial charge in [0.1, 0.15) is 11.8 Å². The molecule has 0 aliphatic heterocycles. The van der Waals surface area contributed by atoms with Gasteiger partial charge in [-0.15, -0.1) is 0 Å². The smallest absolute Gasteiger partial charge is 0.251 e. The Labute approximate surface area is 148 Å². The molecule has 0 fully saturated rings. The van der Waals surface area contributed by atoms with Crippen molar-refractivity contribution in [2.24, 2.45) is 5.92 Å². The highest BCUT2D eigenvalue weighted by atomic mass is 16.3. The molecule has 2 N–H and O–H groups in total. The summed E-state index contributed by atoms with van der Waals surface area (Å²) in [6.45, 7) is 8.32. The van der Waals surface area contributed by atoms with Crippen molar-refractivity contribution in [2.45, 2.75) is 46.7 Å². The quantitative estimate of drug-likeness (QED) is 0.810. The van der Waals surface area contributed by atoms with Gasteiger partial charge in [-0.3, -0.25) is 9.59 Å². The fraction of sp³-hybridized carbons (Fsp3) is 0.400. The molecule has 0 unspecified atom stereocenters. The second kappa shape index (κ2) is 8.51. The van der Waals surface area contributed by atoms with Crippen molar-refractivity contribution in [3.8, 4) is 0 Å². The average Bonchev–Trinajstić information content (AvgIpc) is 3.07. The molecule has 2 amide bonds. The lowest BCUT2D eigenvalue weighted by Crippen LogP contribution is -2.47. The van der Waals surface area contributed by atoms with Gasteiger partial charge in [0.2, 0.25) is 5.91 Å². The van der Waals surface area contributed by atoms with Gasteiger partial charge in [-0.05, 0) is 61.6 Å². The molecule has 0 radical (unpaired) electrons. The third-order valence-corrected chi connectivity index (χ3v) is 4.11. The van der Waals surface area contributed by atoms with Gasteiger partial charge in [-0.25, -0.2) is 0 Å². The lowest BCUT2D eigenvalue weighted by molar-refractivity contribution is -0.123. The highest BCUT2D eigenvalue weighted by Crippen LogP contribution is 2.12. The Morgan fingerprint density at radius 3 is 2.48 bits per heavy atom. The van der Waals surface area contributed by atoms with Crippen LogP contribution in [0.2, 0.25) is 0 Å². The molecule has 0 aliphatic rings. The van der Waals surface area contributed by atoms with E-state index in [-0.39, 0.29) is 17.7 Å². The first-order valence-electron chi connectivity index (χ1n) is 8.55. The van der Waals surface area contributed by atoms with Crippen molar-refractivity contribution >= 4 is 11.8 Å². The number of amides is 2. The van der Waals surface area contributed by atoms with Crippen LogP contribution < -0.4 is 10.6 Å². The van der Waals surface area contributed by atoms with Crippen LogP contribution in [0.15, 0.2) is 41.0 Å². The van der Waals surface area contributed by atoms with Crippen LogP contribution in [0.25, 0.3) is 0 Å². The van der Waals surface area contributed by atoms with Gasteiger partial charge in [0, 0.05) is 5.56 Å². The lowest BCUT2D eigenvalue weighted by atomic mass is 10.0. The summed E-state index contributed by atoms with van der Waals surface area (Å²) in [7, 11) is 0. The first-order valence-corrected chi connectivity index (χ1v) is 8.55. The van der Waals surface area contributed by atoms with E-state index in [4.69, 9.17) is 4.42 Å². The molecule has 2 rings (SSSR count). The van der Waals surface area contributed by atoms with E-state index in [1.54, 1.807) is 24.5 Å². The predicted octanol–water partition coefficient (Wildman–Crippen LogP) is 3.36. The topological polar surface area (TPSA) is 71.3 Å².